The zero-order chi connectivity index (χ0) is 11.6. The van der Waals surface area contributed by atoms with E-state index in [0.717, 1.165) is 17.9 Å². The lowest BCUT2D eigenvalue weighted by atomic mass is 9.83. The molecule has 0 aliphatic carbocycles. The lowest BCUT2D eigenvalue weighted by Gasteiger charge is -2.35. The predicted octanol–water partition coefficient (Wildman–Crippen LogP) is 1.86. The standard InChI is InChI=1S/C13H17NO2/c1-13(9-10(15)7-8-14-13)11-5-3-4-6-12(11)16-2/h3-6,14H,7-9H2,1-2H3. The Kier molecular flexibility index (Phi) is 2.97. The number of benzene rings is 1. The fraction of sp³-hybridized carbons (Fsp3) is 0.462. The number of ketones is 1. The SMILES string of the molecule is COc1ccccc1C1(C)CC(=O)CCN1. The maximum absolute atomic E-state index is 11.6. The second kappa shape index (κ2) is 4.26. The second-order valence-electron chi connectivity index (χ2n) is 4.42. The van der Waals surface area contributed by atoms with E-state index in [1.807, 2.05) is 24.3 Å². The summed E-state index contributed by atoms with van der Waals surface area (Å²) in [6, 6.07) is 7.87. The molecule has 2 rings (SSSR count). The Bertz CT molecular complexity index is 403. The van der Waals surface area contributed by atoms with Crippen LogP contribution in [-0.2, 0) is 10.3 Å². The Morgan fingerprint density at radius 2 is 2.12 bits per heavy atom. The van der Waals surface area contributed by atoms with Crippen LogP contribution in [0.25, 0.3) is 0 Å². The van der Waals surface area contributed by atoms with Gasteiger partial charge in [-0.25, -0.2) is 0 Å². The quantitative estimate of drug-likeness (QED) is 0.825. The summed E-state index contributed by atoms with van der Waals surface area (Å²) < 4.78 is 5.35. The summed E-state index contributed by atoms with van der Waals surface area (Å²) in [5.74, 6) is 1.15. The number of hydrogen-bond donors (Lipinski definition) is 1. The summed E-state index contributed by atoms with van der Waals surface area (Å²) in [6.07, 6.45) is 1.16. The van der Waals surface area contributed by atoms with Gasteiger partial charge in [-0.05, 0) is 13.0 Å². The van der Waals surface area contributed by atoms with Crippen molar-refractivity contribution < 1.29 is 9.53 Å². The Balaban J connectivity index is 2.37. The van der Waals surface area contributed by atoms with Gasteiger partial charge in [-0.3, -0.25) is 4.79 Å². The van der Waals surface area contributed by atoms with E-state index < -0.39 is 0 Å². The van der Waals surface area contributed by atoms with Crippen LogP contribution < -0.4 is 10.1 Å². The summed E-state index contributed by atoms with van der Waals surface area (Å²) in [7, 11) is 1.66. The van der Waals surface area contributed by atoms with Crippen molar-refractivity contribution >= 4 is 5.78 Å². The van der Waals surface area contributed by atoms with Crippen molar-refractivity contribution in [1.82, 2.24) is 5.32 Å². The molecule has 3 heteroatoms. The minimum Gasteiger partial charge on any atom is -0.496 e. The van der Waals surface area contributed by atoms with Gasteiger partial charge in [0.25, 0.3) is 0 Å². The number of piperidine rings is 1. The molecule has 3 nitrogen and oxygen atoms in total. The van der Waals surface area contributed by atoms with Gasteiger partial charge < -0.3 is 10.1 Å². The first-order chi connectivity index (χ1) is 7.65. The third kappa shape index (κ3) is 1.95. The Labute approximate surface area is 95.8 Å². The average molecular weight is 219 g/mol. The van der Waals surface area contributed by atoms with Crippen LogP contribution >= 0.6 is 0 Å². The van der Waals surface area contributed by atoms with Crippen LogP contribution in [0.1, 0.15) is 25.3 Å². The van der Waals surface area contributed by atoms with E-state index in [2.05, 4.69) is 12.2 Å². The topological polar surface area (TPSA) is 38.3 Å². The molecule has 0 amide bonds. The molecule has 1 N–H and O–H groups in total. The van der Waals surface area contributed by atoms with E-state index in [1.165, 1.54) is 0 Å². The first kappa shape index (κ1) is 11.1. The molecule has 1 fully saturated rings. The molecule has 0 spiro atoms. The lowest BCUT2D eigenvalue weighted by Crippen LogP contribution is -2.46. The van der Waals surface area contributed by atoms with Crippen molar-refractivity contribution in [2.45, 2.75) is 25.3 Å². The van der Waals surface area contributed by atoms with E-state index in [-0.39, 0.29) is 5.54 Å². The van der Waals surface area contributed by atoms with Gasteiger partial charge in [-0.1, -0.05) is 18.2 Å². The molecule has 1 unspecified atom stereocenters. The molecule has 0 radical (unpaired) electrons. The van der Waals surface area contributed by atoms with Gasteiger partial charge in [0.2, 0.25) is 0 Å². The van der Waals surface area contributed by atoms with Crippen molar-refractivity contribution in [3.63, 3.8) is 0 Å². The van der Waals surface area contributed by atoms with Crippen LogP contribution in [-0.4, -0.2) is 19.4 Å². The van der Waals surface area contributed by atoms with Gasteiger partial charge in [0.15, 0.2) is 0 Å². The maximum Gasteiger partial charge on any atom is 0.136 e. The Morgan fingerprint density at radius 1 is 1.38 bits per heavy atom. The normalized spacial score (nSPS) is 25.5. The summed E-state index contributed by atoms with van der Waals surface area (Å²) in [6.45, 7) is 2.80. The third-order valence-electron chi connectivity index (χ3n) is 3.17. The molecule has 1 atom stereocenters. The number of carbonyl (C=O) groups excluding carboxylic acids is 1. The van der Waals surface area contributed by atoms with Crippen LogP contribution in [0.15, 0.2) is 24.3 Å². The van der Waals surface area contributed by atoms with Gasteiger partial charge in [0.1, 0.15) is 11.5 Å². The van der Waals surface area contributed by atoms with Gasteiger partial charge in [0.05, 0.1) is 12.6 Å². The summed E-state index contributed by atoms with van der Waals surface area (Å²) in [4.78, 5) is 11.6. The third-order valence-corrected chi connectivity index (χ3v) is 3.17. The highest BCUT2D eigenvalue weighted by Crippen LogP contribution is 2.34. The number of methoxy groups -OCH3 is 1. The van der Waals surface area contributed by atoms with Crippen molar-refractivity contribution in [3.05, 3.63) is 29.8 Å². The molecular weight excluding hydrogens is 202 g/mol. The number of ether oxygens (including phenoxy) is 1. The number of hydrogen-bond acceptors (Lipinski definition) is 3. The molecular formula is C13H17NO2. The fourth-order valence-electron chi connectivity index (χ4n) is 2.31. The second-order valence-corrected chi connectivity index (χ2v) is 4.42. The maximum atomic E-state index is 11.6. The van der Waals surface area contributed by atoms with Crippen LogP contribution in [0.2, 0.25) is 0 Å². The largest absolute Gasteiger partial charge is 0.496 e. The summed E-state index contributed by atoms with van der Waals surface area (Å²) >= 11 is 0. The van der Waals surface area contributed by atoms with Crippen LogP contribution in [0, 0.1) is 0 Å². The first-order valence-corrected chi connectivity index (χ1v) is 5.56. The number of para-hydroxylation sites is 1. The van der Waals surface area contributed by atoms with Gasteiger partial charge in [0, 0.05) is 24.9 Å². The summed E-state index contributed by atoms with van der Waals surface area (Å²) in [5.41, 5.74) is 0.771. The molecule has 0 bridgehead atoms. The van der Waals surface area contributed by atoms with E-state index in [1.54, 1.807) is 7.11 Å². The highest BCUT2D eigenvalue weighted by atomic mass is 16.5. The first-order valence-electron chi connectivity index (χ1n) is 5.56. The van der Waals surface area contributed by atoms with Crippen molar-refractivity contribution in [2.24, 2.45) is 0 Å². The Hall–Kier alpha value is -1.35. The molecule has 1 aromatic rings. The van der Waals surface area contributed by atoms with Crippen molar-refractivity contribution in [3.8, 4) is 5.75 Å². The smallest absolute Gasteiger partial charge is 0.136 e. The van der Waals surface area contributed by atoms with Gasteiger partial charge >= 0.3 is 0 Å². The highest BCUT2D eigenvalue weighted by Gasteiger charge is 2.34. The van der Waals surface area contributed by atoms with Crippen LogP contribution in [0.3, 0.4) is 0 Å². The molecule has 16 heavy (non-hydrogen) atoms. The monoisotopic (exact) mass is 219 g/mol. The molecule has 1 aliphatic heterocycles. The number of carbonyl (C=O) groups is 1. The Morgan fingerprint density at radius 3 is 2.81 bits per heavy atom. The van der Waals surface area contributed by atoms with Crippen LogP contribution in [0.4, 0.5) is 0 Å². The van der Waals surface area contributed by atoms with E-state index in [4.69, 9.17) is 4.74 Å². The van der Waals surface area contributed by atoms with Crippen molar-refractivity contribution in [1.29, 1.82) is 0 Å². The van der Waals surface area contributed by atoms with Gasteiger partial charge in [-0.2, -0.15) is 0 Å². The minimum atomic E-state index is -0.290. The zero-order valence-corrected chi connectivity index (χ0v) is 9.75. The zero-order valence-electron chi connectivity index (χ0n) is 9.75. The molecule has 86 valence electrons. The van der Waals surface area contributed by atoms with Gasteiger partial charge in [-0.15, -0.1) is 0 Å². The van der Waals surface area contributed by atoms with Crippen LogP contribution in [0.5, 0.6) is 5.75 Å². The van der Waals surface area contributed by atoms with E-state index in [9.17, 15) is 4.79 Å². The lowest BCUT2D eigenvalue weighted by molar-refractivity contribution is -0.122. The summed E-state index contributed by atoms with van der Waals surface area (Å²) in [5, 5.41) is 3.42. The number of Topliss-reactive ketones (excluding diaryl/α,β-unsaturated/α-hetero) is 1. The number of rotatable bonds is 2. The fourth-order valence-corrected chi connectivity index (χ4v) is 2.31. The minimum absolute atomic E-state index is 0.290. The van der Waals surface area contributed by atoms with Crippen molar-refractivity contribution in [2.75, 3.05) is 13.7 Å². The number of nitrogens with one attached hydrogen (secondary N) is 1. The molecule has 1 heterocycles. The average Bonchev–Trinajstić information content (AvgIpc) is 2.29. The highest BCUT2D eigenvalue weighted by molar-refractivity contribution is 5.81. The van der Waals surface area contributed by atoms with E-state index >= 15 is 0 Å². The molecule has 0 aromatic heterocycles. The molecule has 1 saturated heterocycles. The molecule has 0 saturated carbocycles. The molecule has 1 aliphatic rings. The van der Waals surface area contributed by atoms with E-state index in [0.29, 0.717) is 18.6 Å². The predicted molar refractivity (Wildman–Crippen MR) is 62.6 cm³/mol. The molecule has 1 aromatic carbocycles.